The molecule has 1 heterocycles. The first-order chi connectivity index (χ1) is 8.81. The van der Waals surface area contributed by atoms with Gasteiger partial charge in [-0.25, -0.2) is 0 Å². The van der Waals surface area contributed by atoms with E-state index in [4.69, 9.17) is 4.74 Å². The fourth-order valence-electron chi connectivity index (χ4n) is 2.35. The molecule has 0 saturated carbocycles. The number of nitrogens with one attached hydrogen (secondary N) is 1. The quantitative estimate of drug-likeness (QED) is 0.865. The Morgan fingerprint density at radius 3 is 2.83 bits per heavy atom. The van der Waals surface area contributed by atoms with Crippen LogP contribution in [-0.2, 0) is 4.74 Å². The van der Waals surface area contributed by atoms with Crippen LogP contribution in [0.15, 0.2) is 30.3 Å². The van der Waals surface area contributed by atoms with Crippen LogP contribution in [0, 0.1) is 11.3 Å². The van der Waals surface area contributed by atoms with Crippen molar-refractivity contribution >= 4 is 0 Å². The first kappa shape index (κ1) is 13.1. The molecule has 1 aliphatic rings. The molecule has 0 radical (unpaired) electrons. The van der Waals surface area contributed by atoms with Gasteiger partial charge in [-0.3, -0.25) is 5.32 Å². The molecule has 0 aliphatic carbocycles. The summed E-state index contributed by atoms with van der Waals surface area (Å²) in [7, 11) is 0. The molecule has 1 saturated heterocycles. The van der Waals surface area contributed by atoms with Crippen molar-refractivity contribution in [3.63, 3.8) is 0 Å². The third-order valence-electron chi connectivity index (χ3n) is 3.55. The van der Waals surface area contributed by atoms with Crippen molar-refractivity contribution in [1.29, 1.82) is 5.26 Å². The molecule has 18 heavy (non-hydrogen) atoms. The van der Waals surface area contributed by atoms with Crippen LogP contribution in [0.25, 0.3) is 0 Å². The lowest BCUT2D eigenvalue weighted by atomic mass is 9.94. The predicted octanol–water partition coefficient (Wildman–Crippen LogP) is 2.45. The van der Waals surface area contributed by atoms with E-state index >= 15 is 0 Å². The average molecular weight is 244 g/mol. The lowest BCUT2D eigenvalue weighted by Gasteiger charge is -2.21. The van der Waals surface area contributed by atoms with E-state index in [-0.39, 0.29) is 18.1 Å². The second-order valence-electron chi connectivity index (χ2n) is 4.85. The minimum Gasteiger partial charge on any atom is -0.377 e. The van der Waals surface area contributed by atoms with Gasteiger partial charge in [0.05, 0.1) is 12.2 Å². The summed E-state index contributed by atoms with van der Waals surface area (Å²) in [6.45, 7) is 3.72. The van der Waals surface area contributed by atoms with Gasteiger partial charge in [-0.05, 0) is 18.4 Å². The van der Waals surface area contributed by atoms with Crippen LogP contribution in [0.2, 0.25) is 0 Å². The summed E-state index contributed by atoms with van der Waals surface area (Å²) in [5.74, 6) is 0.192. The summed E-state index contributed by atoms with van der Waals surface area (Å²) in [5.41, 5.74) is 1.20. The van der Waals surface area contributed by atoms with Crippen LogP contribution in [0.1, 0.15) is 31.2 Å². The van der Waals surface area contributed by atoms with Crippen molar-refractivity contribution in [2.45, 2.75) is 37.8 Å². The summed E-state index contributed by atoms with van der Waals surface area (Å²) in [5, 5.41) is 12.6. The largest absolute Gasteiger partial charge is 0.377 e. The van der Waals surface area contributed by atoms with Gasteiger partial charge in [0.25, 0.3) is 0 Å². The number of hydrogen-bond donors (Lipinski definition) is 1. The lowest BCUT2D eigenvalue weighted by molar-refractivity contribution is 0.108. The zero-order valence-corrected chi connectivity index (χ0v) is 10.8. The molecule has 1 aromatic rings. The number of benzene rings is 1. The minimum atomic E-state index is -0.156. The second kappa shape index (κ2) is 6.53. The molecular weight excluding hydrogens is 224 g/mol. The Labute approximate surface area is 109 Å². The van der Waals surface area contributed by atoms with E-state index in [1.165, 1.54) is 5.56 Å². The molecule has 3 atom stereocenters. The van der Waals surface area contributed by atoms with Crippen LogP contribution in [0.3, 0.4) is 0 Å². The van der Waals surface area contributed by atoms with Crippen LogP contribution in [0.5, 0.6) is 0 Å². The van der Waals surface area contributed by atoms with Crippen molar-refractivity contribution in [2.24, 2.45) is 0 Å². The average Bonchev–Trinajstić information content (AvgIpc) is 2.93. The Morgan fingerprint density at radius 2 is 2.22 bits per heavy atom. The molecule has 3 unspecified atom stereocenters. The molecule has 1 N–H and O–H groups in total. The fraction of sp³-hybridized carbons (Fsp3) is 0.533. The second-order valence-corrected chi connectivity index (χ2v) is 4.85. The van der Waals surface area contributed by atoms with Crippen molar-refractivity contribution < 1.29 is 4.74 Å². The van der Waals surface area contributed by atoms with E-state index in [1.807, 2.05) is 18.2 Å². The molecule has 2 rings (SSSR count). The molecule has 3 nitrogen and oxygen atoms in total. The van der Waals surface area contributed by atoms with Gasteiger partial charge in [0.2, 0.25) is 0 Å². The Hall–Kier alpha value is -1.37. The number of rotatable bonds is 5. The van der Waals surface area contributed by atoms with E-state index in [9.17, 15) is 5.26 Å². The Kier molecular flexibility index (Phi) is 4.74. The molecule has 1 aliphatic heterocycles. The molecular formula is C15H20N2O. The zero-order valence-electron chi connectivity index (χ0n) is 10.8. The van der Waals surface area contributed by atoms with Gasteiger partial charge >= 0.3 is 0 Å². The van der Waals surface area contributed by atoms with Crippen LogP contribution in [0.4, 0.5) is 0 Å². The Bertz CT molecular complexity index is 393. The van der Waals surface area contributed by atoms with E-state index in [0.717, 1.165) is 26.0 Å². The highest BCUT2D eigenvalue weighted by Crippen LogP contribution is 2.19. The summed E-state index contributed by atoms with van der Waals surface area (Å²) in [6.07, 6.45) is 2.52. The Morgan fingerprint density at radius 1 is 1.44 bits per heavy atom. The van der Waals surface area contributed by atoms with Crippen molar-refractivity contribution in [3.8, 4) is 6.07 Å². The monoisotopic (exact) mass is 244 g/mol. The number of ether oxygens (including phenoxy) is 1. The topological polar surface area (TPSA) is 45.0 Å². The molecule has 1 aromatic carbocycles. The summed E-state index contributed by atoms with van der Waals surface area (Å²) >= 11 is 0. The molecule has 0 aromatic heterocycles. The fourth-order valence-corrected chi connectivity index (χ4v) is 2.35. The maximum absolute atomic E-state index is 9.28. The molecule has 3 heteroatoms. The van der Waals surface area contributed by atoms with E-state index < -0.39 is 0 Å². The highest BCUT2D eigenvalue weighted by molar-refractivity contribution is 5.22. The zero-order chi connectivity index (χ0) is 12.8. The van der Waals surface area contributed by atoms with Gasteiger partial charge in [-0.2, -0.15) is 5.26 Å². The normalized spacial score (nSPS) is 22.3. The van der Waals surface area contributed by atoms with E-state index in [2.05, 4.69) is 30.4 Å². The Balaban J connectivity index is 1.90. The van der Waals surface area contributed by atoms with Crippen molar-refractivity contribution in [3.05, 3.63) is 35.9 Å². The third-order valence-corrected chi connectivity index (χ3v) is 3.55. The van der Waals surface area contributed by atoms with Gasteiger partial charge in [0, 0.05) is 19.1 Å². The molecule has 96 valence electrons. The van der Waals surface area contributed by atoms with Gasteiger partial charge < -0.3 is 4.74 Å². The highest BCUT2D eigenvalue weighted by atomic mass is 16.5. The van der Waals surface area contributed by atoms with Gasteiger partial charge in [0.1, 0.15) is 6.04 Å². The number of hydrogen-bond acceptors (Lipinski definition) is 3. The van der Waals surface area contributed by atoms with Crippen molar-refractivity contribution in [1.82, 2.24) is 5.32 Å². The molecule has 0 spiro atoms. The minimum absolute atomic E-state index is 0.156. The first-order valence-corrected chi connectivity index (χ1v) is 6.61. The third kappa shape index (κ3) is 3.32. The molecule has 1 fully saturated rings. The standard InChI is InChI=1S/C15H20N2O/c1-12(13-6-3-2-4-7-13)15(10-16)17-11-14-8-5-9-18-14/h2-4,6-7,12,14-15,17H,5,8-9,11H2,1H3. The van der Waals surface area contributed by atoms with Crippen LogP contribution < -0.4 is 5.32 Å². The van der Waals surface area contributed by atoms with Crippen LogP contribution >= 0.6 is 0 Å². The van der Waals surface area contributed by atoms with E-state index in [1.54, 1.807) is 0 Å². The molecule has 0 amide bonds. The first-order valence-electron chi connectivity index (χ1n) is 6.61. The van der Waals surface area contributed by atoms with E-state index in [0.29, 0.717) is 0 Å². The van der Waals surface area contributed by atoms with Gasteiger partial charge in [-0.1, -0.05) is 37.3 Å². The number of nitriles is 1. The highest BCUT2D eigenvalue weighted by Gasteiger charge is 2.21. The lowest BCUT2D eigenvalue weighted by Crippen LogP contribution is -2.37. The summed E-state index contributed by atoms with van der Waals surface area (Å²) < 4.78 is 5.56. The molecule has 0 bridgehead atoms. The van der Waals surface area contributed by atoms with Gasteiger partial charge in [-0.15, -0.1) is 0 Å². The van der Waals surface area contributed by atoms with Gasteiger partial charge in [0.15, 0.2) is 0 Å². The van der Waals surface area contributed by atoms with Crippen LogP contribution in [-0.4, -0.2) is 25.3 Å². The van der Waals surface area contributed by atoms with Crippen molar-refractivity contribution in [2.75, 3.05) is 13.2 Å². The maximum Gasteiger partial charge on any atom is 0.102 e. The smallest absolute Gasteiger partial charge is 0.102 e. The summed E-state index contributed by atoms with van der Waals surface area (Å²) in [4.78, 5) is 0. The number of nitrogens with zero attached hydrogens (tertiary/aromatic N) is 1. The SMILES string of the molecule is CC(c1ccccc1)C(C#N)NCC1CCCO1. The predicted molar refractivity (Wildman–Crippen MR) is 71.2 cm³/mol. The maximum atomic E-state index is 9.28. The summed E-state index contributed by atoms with van der Waals surface area (Å²) in [6, 6.07) is 12.4.